The standard InChI is InChI=1S/C14H16F3IN4O/c15-14(16,17)5-6-19-10-7-12(23-9-3-1-2-4-9)21-22-11(18)8-20-13(10)22/h7-9,19H,1-6H2. The van der Waals surface area contributed by atoms with Crippen LogP contribution in [-0.4, -0.2) is 33.4 Å². The number of imidazole rings is 1. The molecular weight excluding hydrogens is 424 g/mol. The molecule has 0 bridgehead atoms. The maximum absolute atomic E-state index is 12.3. The minimum atomic E-state index is -4.19. The number of fused-ring (bicyclic) bond motifs is 1. The summed E-state index contributed by atoms with van der Waals surface area (Å²) in [6.07, 6.45) is 0.885. The zero-order chi connectivity index (χ0) is 16.4. The molecule has 0 unspecified atom stereocenters. The van der Waals surface area contributed by atoms with Gasteiger partial charge in [0.25, 0.3) is 0 Å². The molecule has 0 atom stereocenters. The van der Waals surface area contributed by atoms with Crippen LogP contribution in [0.2, 0.25) is 0 Å². The maximum atomic E-state index is 12.3. The summed E-state index contributed by atoms with van der Waals surface area (Å²) in [6, 6.07) is 1.63. The first-order chi connectivity index (χ1) is 10.9. The second kappa shape index (κ2) is 6.70. The van der Waals surface area contributed by atoms with E-state index in [0.29, 0.717) is 17.2 Å². The van der Waals surface area contributed by atoms with Gasteiger partial charge in [-0.25, -0.2) is 9.50 Å². The van der Waals surface area contributed by atoms with Gasteiger partial charge in [0.15, 0.2) is 5.65 Å². The van der Waals surface area contributed by atoms with Gasteiger partial charge < -0.3 is 10.1 Å². The number of hydrogen-bond acceptors (Lipinski definition) is 4. The van der Waals surface area contributed by atoms with Crippen LogP contribution in [-0.2, 0) is 0 Å². The molecule has 0 aromatic carbocycles. The minimum absolute atomic E-state index is 0.129. The SMILES string of the molecule is FC(F)(F)CCNc1cc(OC2CCCC2)nn2c(I)cnc12. The van der Waals surface area contributed by atoms with Gasteiger partial charge in [-0.05, 0) is 48.3 Å². The zero-order valence-electron chi connectivity index (χ0n) is 12.2. The van der Waals surface area contributed by atoms with Crippen molar-refractivity contribution in [1.29, 1.82) is 0 Å². The Hall–Kier alpha value is -1.26. The summed E-state index contributed by atoms with van der Waals surface area (Å²) in [5, 5.41) is 7.17. The van der Waals surface area contributed by atoms with Gasteiger partial charge in [-0.15, -0.1) is 5.10 Å². The largest absolute Gasteiger partial charge is 0.473 e. The van der Waals surface area contributed by atoms with Crippen LogP contribution in [0.25, 0.3) is 5.65 Å². The molecule has 2 aromatic rings. The molecule has 0 saturated heterocycles. The van der Waals surface area contributed by atoms with E-state index in [1.54, 1.807) is 16.8 Å². The number of nitrogens with one attached hydrogen (secondary N) is 1. The van der Waals surface area contributed by atoms with Gasteiger partial charge in [0.05, 0.1) is 18.3 Å². The third-order valence-electron chi connectivity index (χ3n) is 3.72. The van der Waals surface area contributed by atoms with Crippen molar-refractivity contribution in [3.05, 3.63) is 16.0 Å². The average molecular weight is 440 g/mol. The van der Waals surface area contributed by atoms with Crippen molar-refractivity contribution >= 4 is 33.9 Å². The van der Waals surface area contributed by atoms with Crippen LogP contribution >= 0.6 is 22.6 Å². The summed E-state index contributed by atoms with van der Waals surface area (Å²) in [4.78, 5) is 4.20. The van der Waals surface area contributed by atoms with Crippen LogP contribution in [0, 0.1) is 3.70 Å². The third-order valence-corrected chi connectivity index (χ3v) is 4.45. The highest BCUT2D eigenvalue weighted by atomic mass is 127. The quantitative estimate of drug-likeness (QED) is 0.714. The van der Waals surface area contributed by atoms with Gasteiger partial charge in [-0.2, -0.15) is 13.2 Å². The van der Waals surface area contributed by atoms with Crippen LogP contribution in [0.1, 0.15) is 32.1 Å². The molecule has 2 aromatic heterocycles. The molecule has 126 valence electrons. The van der Waals surface area contributed by atoms with E-state index in [-0.39, 0.29) is 12.6 Å². The van der Waals surface area contributed by atoms with Gasteiger partial charge >= 0.3 is 6.18 Å². The highest BCUT2D eigenvalue weighted by Gasteiger charge is 2.26. The van der Waals surface area contributed by atoms with E-state index in [0.717, 1.165) is 29.4 Å². The van der Waals surface area contributed by atoms with Crippen molar-refractivity contribution in [2.75, 3.05) is 11.9 Å². The van der Waals surface area contributed by atoms with Crippen molar-refractivity contribution in [3.63, 3.8) is 0 Å². The van der Waals surface area contributed by atoms with Crippen molar-refractivity contribution in [2.24, 2.45) is 0 Å². The molecule has 2 heterocycles. The molecule has 1 fully saturated rings. The van der Waals surface area contributed by atoms with Crippen molar-refractivity contribution in [3.8, 4) is 5.88 Å². The Kier molecular flexibility index (Phi) is 4.83. The summed E-state index contributed by atoms with van der Waals surface area (Å²) in [7, 11) is 0. The molecule has 1 N–H and O–H groups in total. The Morgan fingerprint density at radius 2 is 2.09 bits per heavy atom. The van der Waals surface area contributed by atoms with Crippen LogP contribution in [0.3, 0.4) is 0 Å². The first-order valence-corrected chi connectivity index (χ1v) is 8.52. The second-order valence-corrected chi connectivity index (χ2v) is 6.63. The fourth-order valence-electron chi connectivity index (χ4n) is 2.62. The summed E-state index contributed by atoms with van der Waals surface area (Å²) in [6.45, 7) is -0.213. The van der Waals surface area contributed by atoms with Crippen LogP contribution in [0.15, 0.2) is 12.3 Å². The Balaban J connectivity index is 1.82. The van der Waals surface area contributed by atoms with E-state index >= 15 is 0 Å². The number of aromatic nitrogens is 3. The zero-order valence-corrected chi connectivity index (χ0v) is 14.4. The lowest BCUT2D eigenvalue weighted by Gasteiger charge is -2.15. The number of anilines is 1. The van der Waals surface area contributed by atoms with Crippen molar-refractivity contribution in [1.82, 2.24) is 14.6 Å². The molecule has 1 saturated carbocycles. The highest BCUT2D eigenvalue weighted by molar-refractivity contribution is 14.1. The number of alkyl halides is 3. The van der Waals surface area contributed by atoms with Crippen molar-refractivity contribution < 1.29 is 17.9 Å². The average Bonchev–Trinajstić information content (AvgIpc) is 3.09. The Bertz CT molecular complexity index is 682. The molecule has 0 aliphatic heterocycles. The third kappa shape index (κ3) is 4.18. The normalized spacial score (nSPS) is 16.2. The van der Waals surface area contributed by atoms with E-state index in [1.807, 2.05) is 0 Å². The smallest absolute Gasteiger partial charge is 0.390 e. The molecule has 5 nitrogen and oxygen atoms in total. The van der Waals surface area contributed by atoms with Crippen LogP contribution in [0.5, 0.6) is 5.88 Å². The first kappa shape index (κ1) is 16.6. The van der Waals surface area contributed by atoms with Crippen molar-refractivity contribution in [2.45, 2.75) is 44.4 Å². The van der Waals surface area contributed by atoms with E-state index in [9.17, 15) is 13.2 Å². The highest BCUT2D eigenvalue weighted by Crippen LogP contribution is 2.27. The molecule has 3 rings (SSSR count). The predicted molar refractivity (Wildman–Crippen MR) is 87.7 cm³/mol. The number of hydrogen-bond donors (Lipinski definition) is 1. The molecule has 1 aliphatic carbocycles. The lowest BCUT2D eigenvalue weighted by atomic mass is 10.3. The molecule has 0 radical (unpaired) electrons. The molecular formula is C14H16F3IN4O. The van der Waals surface area contributed by atoms with Crippen LogP contribution in [0.4, 0.5) is 18.9 Å². The van der Waals surface area contributed by atoms with E-state index in [1.165, 1.54) is 0 Å². The Morgan fingerprint density at radius 3 is 2.78 bits per heavy atom. The summed E-state index contributed by atoms with van der Waals surface area (Å²) in [5.41, 5.74) is 0.996. The number of halogens is 4. The monoisotopic (exact) mass is 440 g/mol. The molecule has 0 spiro atoms. The van der Waals surface area contributed by atoms with Gasteiger partial charge in [0.1, 0.15) is 9.80 Å². The summed E-state index contributed by atoms with van der Waals surface area (Å²) >= 11 is 2.08. The Morgan fingerprint density at radius 1 is 1.35 bits per heavy atom. The fourth-order valence-corrected chi connectivity index (χ4v) is 3.10. The lowest BCUT2D eigenvalue weighted by molar-refractivity contribution is -0.131. The fraction of sp³-hybridized carbons (Fsp3) is 0.571. The number of ether oxygens (including phenoxy) is 1. The second-order valence-electron chi connectivity index (χ2n) is 5.53. The van der Waals surface area contributed by atoms with Gasteiger partial charge in [0.2, 0.25) is 5.88 Å². The first-order valence-electron chi connectivity index (χ1n) is 7.44. The summed E-state index contributed by atoms with van der Waals surface area (Å²) < 4.78 is 45.2. The lowest BCUT2D eigenvalue weighted by Crippen LogP contribution is -2.16. The maximum Gasteiger partial charge on any atom is 0.390 e. The van der Waals surface area contributed by atoms with Gasteiger partial charge in [-0.3, -0.25) is 0 Å². The molecule has 23 heavy (non-hydrogen) atoms. The van der Waals surface area contributed by atoms with Gasteiger partial charge in [0, 0.05) is 12.6 Å². The minimum Gasteiger partial charge on any atom is -0.473 e. The van der Waals surface area contributed by atoms with Gasteiger partial charge in [-0.1, -0.05) is 0 Å². The molecule has 1 aliphatic rings. The van der Waals surface area contributed by atoms with Crippen LogP contribution < -0.4 is 10.1 Å². The summed E-state index contributed by atoms with van der Waals surface area (Å²) in [5.74, 6) is 0.412. The molecule has 9 heteroatoms. The molecule has 0 amide bonds. The topological polar surface area (TPSA) is 51.5 Å². The Labute approximate surface area is 144 Å². The van der Waals surface area contributed by atoms with E-state index < -0.39 is 12.6 Å². The number of rotatable bonds is 5. The predicted octanol–water partition coefficient (Wildman–Crippen LogP) is 4.02. The number of nitrogens with zero attached hydrogens (tertiary/aromatic N) is 3. The van der Waals surface area contributed by atoms with E-state index in [4.69, 9.17) is 4.74 Å². The van der Waals surface area contributed by atoms with E-state index in [2.05, 4.69) is 38.0 Å².